The molecule has 2 saturated heterocycles. The summed E-state index contributed by atoms with van der Waals surface area (Å²) in [5.41, 5.74) is 0.527. The first-order valence-corrected chi connectivity index (χ1v) is 12.1. The SMILES string of the molecule is Cc1noc(/C=C/c2ccccc2F)c1S(=O)(=O)N1CCC[C@H](C(=O)N2CCOCC2)C1. The highest BCUT2D eigenvalue weighted by Crippen LogP contribution is 2.30. The van der Waals surface area contributed by atoms with E-state index in [9.17, 15) is 17.6 Å². The minimum absolute atomic E-state index is 0.0325. The minimum atomic E-state index is -3.96. The van der Waals surface area contributed by atoms with E-state index in [1.54, 1.807) is 30.0 Å². The van der Waals surface area contributed by atoms with Gasteiger partial charge in [0, 0.05) is 31.7 Å². The zero-order valence-corrected chi connectivity index (χ0v) is 18.7. The molecule has 1 aromatic heterocycles. The normalized spacial score (nSPS) is 20.7. The van der Waals surface area contributed by atoms with Gasteiger partial charge in [-0.3, -0.25) is 4.79 Å². The minimum Gasteiger partial charge on any atom is -0.378 e. The van der Waals surface area contributed by atoms with Crippen molar-refractivity contribution < 1.29 is 26.9 Å². The van der Waals surface area contributed by atoms with Crippen molar-refractivity contribution in [2.24, 2.45) is 5.92 Å². The van der Waals surface area contributed by atoms with Crippen LogP contribution >= 0.6 is 0 Å². The Kier molecular flexibility index (Phi) is 6.73. The summed E-state index contributed by atoms with van der Waals surface area (Å²) >= 11 is 0. The van der Waals surface area contributed by atoms with Crippen LogP contribution in [0.5, 0.6) is 0 Å². The number of piperidine rings is 1. The van der Waals surface area contributed by atoms with E-state index in [1.807, 2.05) is 0 Å². The standard InChI is InChI=1S/C22H26FN3O5S/c1-16-21(20(31-24-16)9-8-17-5-2-3-7-19(17)23)32(28,29)26-10-4-6-18(15-26)22(27)25-11-13-30-14-12-25/h2-3,5,7-9,18H,4,6,10-15H2,1H3/b9-8+/t18-/m0/s1. The third-order valence-corrected chi connectivity index (χ3v) is 7.83. The Balaban J connectivity index is 1.56. The summed E-state index contributed by atoms with van der Waals surface area (Å²) in [6.07, 6.45) is 4.09. The molecule has 8 nitrogen and oxygen atoms in total. The zero-order chi connectivity index (χ0) is 22.7. The molecule has 3 heterocycles. The van der Waals surface area contributed by atoms with Crippen molar-refractivity contribution in [3.8, 4) is 0 Å². The molecule has 0 spiro atoms. The molecule has 2 aromatic rings. The number of halogens is 1. The second-order valence-corrected chi connectivity index (χ2v) is 9.83. The van der Waals surface area contributed by atoms with Crippen LogP contribution in [0, 0.1) is 18.7 Å². The van der Waals surface area contributed by atoms with Crippen LogP contribution in [0.1, 0.15) is 29.9 Å². The number of hydrogen-bond acceptors (Lipinski definition) is 6. The third kappa shape index (κ3) is 4.62. The molecular weight excluding hydrogens is 437 g/mol. The maximum absolute atomic E-state index is 13.9. The number of morpholine rings is 1. The molecule has 0 radical (unpaired) electrons. The van der Waals surface area contributed by atoms with Crippen LogP contribution in [0.15, 0.2) is 33.7 Å². The number of amides is 1. The molecule has 10 heteroatoms. The second-order valence-electron chi connectivity index (χ2n) is 7.96. The first-order valence-electron chi connectivity index (χ1n) is 10.6. The fourth-order valence-electron chi connectivity index (χ4n) is 4.11. The largest absolute Gasteiger partial charge is 0.378 e. The Hall–Kier alpha value is -2.56. The van der Waals surface area contributed by atoms with Gasteiger partial charge in [0.25, 0.3) is 0 Å². The lowest BCUT2D eigenvalue weighted by Gasteiger charge is -2.35. The van der Waals surface area contributed by atoms with E-state index in [1.165, 1.54) is 22.5 Å². The van der Waals surface area contributed by atoms with Gasteiger partial charge in [0.15, 0.2) is 10.7 Å². The number of aromatic nitrogens is 1. The van der Waals surface area contributed by atoms with E-state index in [0.29, 0.717) is 51.3 Å². The topological polar surface area (TPSA) is 93.0 Å². The number of ether oxygens (including phenoxy) is 1. The number of rotatable bonds is 5. The van der Waals surface area contributed by atoms with Gasteiger partial charge < -0.3 is 14.2 Å². The number of aryl methyl sites for hydroxylation is 1. The predicted octanol–water partition coefficient (Wildman–Crippen LogP) is 2.55. The van der Waals surface area contributed by atoms with E-state index in [4.69, 9.17) is 9.26 Å². The van der Waals surface area contributed by atoms with Gasteiger partial charge in [-0.2, -0.15) is 4.31 Å². The molecule has 172 valence electrons. The molecule has 0 aliphatic carbocycles. The molecule has 0 unspecified atom stereocenters. The van der Waals surface area contributed by atoms with Crippen LogP contribution < -0.4 is 0 Å². The summed E-state index contributed by atoms with van der Waals surface area (Å²) in [5, 5.41) is 3.83. The molecule has 0 N–H and O–H groups in total. The van der Waals surface area contributed by atoms with Crippen molar-refractivity contribution in [1.29, 1.82) is 0 Å². The maximum atomic E-state index is 13.9. The summed E-state index contributed by atoms with van der Waals surface area (Å²) in [7, 11) is -3.96. The Morgan fingerprint density at radius 2 is 1.94 bits per heavy atom. The Bertz CT molecular complexity index is 1110. The van der Waals surface area contributed by atoms with Crippen LogP contribution in [0.4, 0.5) is 4.39 Å². The Labute approximate surface area is 186 Å². The van der Waals surface area contributed by atoms with E-state index in [2.05, 4.69) is 5.16 Å². The van der Waals surface area contributed by atoms with Gasteiger partial charge in [-0.05, 0) is 38.0 Å². The van der Waals surface area contributed by atoms with Crippen molar-refractivity contribution in [2.45, 2.75) is 24.7 Å². The maximum Gasteiger partial charge on any atom is 0.248 e. The molecule has 0 saturated carbocycles. The lowest BCUT2D eigenvalue weighted by molar-refractivity contribution is -0.140. The zero-order valence-electron chi connectivity index (χ0n) is 17.9. The van der Waals surface area contributed by atoms with Crippen molar-refractivity contribution in [2.75, 3.05) is 39.4 Å². The summed E-state index contributed by atoms with van der Waals surface area (Å²) in [6, 6.07) is 6.16. The average molecular weight is 464 g/mol. The average Bonchev–Trinajstić information content (AvgIpc) is 3.20. The van der Waals surface area contributed by atoms with Crippen molar-refractivity contribution >= 4 is 28.1 Å². The van der Waals surface area contributed by atoms with Gasteiger partial charge in [0.2, 0.25) is 15.9 Å². The Morgan fingerprint density at radius 1 is 1.19 bits per heavy atom. The summed E-state index contributed by atoms with van der Waals surface area (Å²) in [6.45, 7) is 4.03. The van der Waals surface area contributed by atoms with Crippen molar-refractivity contribution in [3.05, 3.63) is 47.1 Å². The Morgan fingerprint density at radius 3 is 2.69 bits per heavy atom. The molecule has 32 heavy (non-hydrogen) atoms. The van der Waals surface area contributed by atoms with Crippen LogP contribution in [-0.4, -0.2) is 68.1 Å². The monoisotopic (exact) mass is 463 g/mol. The van der Waals surface area contributed by atoms with Crippen molar-refractivity contribution in [1.82, 2.24) is 14.4 Å². The molecular formula is C22H26FN3O5S. The van der Waals surface area contributed by atoms with Crippen LogP contribution in [-0.2, 0) is 19.6 Å². The highest BCUT2D eigenvalue weighted by atomic mass is 32.2. The first-order chi connectivity index (χ1) is 15.4. The van der Waals surface area contributed by atoms with Gasteiger partial charge in [0.1, 0.15) is 11.5 Å². The number of carbonyl (C=O) groups excluding carboxylic acids is 1. The lowest BCUT2D eigenvalue weighted by atomic mass is 9.98. The van der Waals surface area contributed by atoms with Gasteiger partial charge in [-0.25, -0.2) is 12.8 Å². The quantitative estimate of drug-likeness (QED) is 0.677. The summed E-state index contributed by atoms with van der Waals surface area (Å²) in [4.78, 5) is 14.6. The number of carbonyl (C=O) groups is 1. The van der Waals surface area contributed by atoms with Gasteiger partial charge in [-0.15, -0.1) is 0 Å². The van der Waals surface area contributed by atoms with E-state index in [-0.39, 0.29) is 28.8 Å². The smallest absolute Gasteiger partial charge is 0.248 e. The third-order valence-electron chi connectivity index (χ3n) is 5.81. The molecule has 0 bridgehead atoms. The number of sulfonamides is 1. The summed E-state index contributed by atoms with van der Waals surface area (Å²) in [5.74, 6) is -0.818. The van der Waals surface area contributed by atoms with E-state index < -0.39 is 21.8 Å². The molecule has 2 aliphatic rings. The van der Waals surface area contributed by atoms with Gasteiger partial charge in [-0.1, -0.05) is 23.4 Å². The van der Waals surface area contributed by atoms with E-state index in [0.717, 1.165) is 0 Å². The van der Waals surface area contributed by atoms with Crippen molar-refractivity contribution in [3.63, 3.8) is 0 Å². The molecule has 2 fully saturated rings. The number of hydrogen-bond donors (Lipinski definition) is 0. The van der Waals surface area contributed by atoms with E-state index >= 15 is 0 Å². The molecule has 1 amide bonds. The fraction of sp³-hybridized carbons (Fsp3) is 0.455. The highest BCUT2D eigenvalue weighted by Gasteiger charge is 2.38. The van der Waals surface area contributed by atoms with Gasteiger partial charge >= 0.3 is 0 Å². The van der Waals surface area contributed by atoms with Gasteiger partial charge in [0.05, 0.1) is 19.1 Å². The van der Waals surface area contributed by atoms with Crippen LogP contribution in [0.3, 0.4) is 0 Å². The van der Waals surface area contributed by atoms with Crippen LogP contribution in [0.2, 0.25) is 0 Å². The molecule has 2 aliphatic heterocycles. The highest BCUT2D eigenvalue weighted by molar-refractivity contribution is 7.89. The number of nitrogens with zero attached hydrogens (tertiary/aromatic N) is 3. The fourth-order valence-corrected chi connectivity index (χ4v) is 5.88. The summed E-state index contributed by atoms with van der Waals surface area (Å²) < 4.78 is 52.8. The number of benzene rings is 1. The molecule has 1 atom stereocenters. The first kappa shape index (κ1) is 22.6. The predicted molar refractivity (Wildman–Crippen MR) is 115 cm³/mol. The lowest BCUT2D eigenvalue weighted by Crippen LogP contribution is -2.49. The second kappa shape index (κ2) is 9.51. The van der Waals surface area contributed by atoms with Crippen LogP contribution in [0.25, 0.3) is 12.2 Å². The molecule has 4 rings (SSSR count). The molecule has 1 aromatic carbocycles.